The summed E-state index contributed by atoms with van der Waals surface area (Å²) in [6.07, 6.45) is 0.239. The number of aliphatic hydroxyl groups excluding tert-OH is 1. The molecule has 1 amide bonds. The fraction of sp³-hybridized carbons (Fsp3) is 0.333. The molecule has 0 aliphatic heterocycles. The second-order valence-corrected chi connectivity index (χ2v) is 12.6. The lowest BCUT2D eigenvalue weighted by atomic mass is 10.0. The summed E-state index contributed by atoms with van der Waals surface area (Å²) in [5.74, 6) is -0.698. The molecule has 4 aromatic rings. The Bertz CT molecular complexity index is 1700. The molecule has 2 aromatic carbocycles. The highest BCUT2D eigenvalue weighted by Crippen LogP contribution is 2.22. The summed E-state index contributed by atoms with van der Waals surface area (Å²) in [6.45, 7) is 3.13. The number of sulfonamides is 1. The third-order valence-corrected chi connectivity index (χ3v) is 8.62. The molecule has 4 N–H and O–H groups in total. The number of nitrogens with zero attached hydrogens (tertiary/aromatic N) is 6. The summed E-state index contributed by atoms with van der Waals surface area (Å²) in [4.78, 5) is 35.6. The van der Waals surface area contributed by atoms with Crippen LogP contribution >= 0.6 is 11.6 Å². The van der Waals surface area contributed by atoms with Crippen molar-refractivity contribution in [1.29, 1.82) is 0 Å². The third kappa shape index (κ3) is 7.81. The van der Waals surface area contributed by atoms with E-state index in [2.05, 4.69) is 20.3 Å². The summed E-state index contributed by atoms with van der Waals surface area (Å²) >= 11 is 6.09. The molecule has 14 nitrogen and oxygen atoms in total. The minimum Gasteiger partial charge on any atom is -0.390 e. The predicted molar refractivity (Wildman–Crippen MR) is 160 cm³/mol. The zero-order chi connectivity index (χ0) is 31.3. The van der Waals surface area contributed by atoms with Crippen LogP contribution in [0.3, 0.4) is 0 Å². The topological polar surface area (TPSA) is 199 Å². The molecule has 0 saturated carbocycles. The number of hydrogen-bond acceptors (Lipinski definition) is 10. The maximum absolute atomic E-state index is 13.6. The van der Waals surface area contributed by atoms with Crippen molar-refractivity contribution >= 4 is 50.3 Å². The van der Waals surface area contributed by atoms with Gasteiger partial charge in [0.1, 0.15) is 12.1 Å². The molecule has 0 radical (unpaired) electrons. The number of imidazole rings is 1. The van der Waals surface area contributed by atoms with E-state index < -0.39 is 33.0 Å². The zero-order valence-corrected chi connectivity index (χ0v) is 24.9. The van der Waals surface area contributed by atoms with Crippen LogP contribution in [0.15, 0.2) is 65.8 Å². The molecule has 43 heavy (non-hydrogen) atoms. The van der Waals surface area contributed by atoms with Crippen LogP contribution in [0.4, 0.5) is 11.6 Å². The lowest BCUT2D eigenvalue weighted by molar-refractivity contribution is -0.384. The molecule has 4 rings (SSSR count). The minimum absolute atomic E-state index is 0.0403. The maximum Gasteiger partial charge on any atom is 0.269 e. The normalized spacial score (nSPS) is 13.3. The van der Waals surface area contributed by atoms with E-state index in [1.54, 1.807) is 0 Å². The van der Waals surface area contributed by atoms with Gasteiger partial charge in [-0.2, -0.15) is 14.3 Å². The number of nitro groups is 1. The van der Waals surface area contributed by atoms with Gasteiger partial charge in [0.05, 0.1) is 28.3 Å². The number of aliphatic hydroxyl groups is 1. The maximum atomic E-state index is 13.6. The second kappa shape index (κ2) is 13.4. The van der Waals surface area contributed by atoms with Gasteiger partial charge in [-0.25, -0.2) is 13.4 Å². The summed E-state index contributed by atoms with van der Waals surface area (Å²) in [5.41, 5.74) is 6.79. The number of carbonyl (C=O) groups excluding carboxylic acids is 1. The van der Waals surface area contributed by atoms with E-state index in [9.17, 15) is 28.4 Å². The number of anilines is 1. The van der Waals surface area contributed by atoms with Gasteiger partial charge in [-0.3, -0.25) is 14.9 Å². The monoisotopic (exact) mass is 630 g/mol. The predicted octanol–water partition coefficient (Wildman–Crippen LogP) is 2.41. The fourth-order valence-corrected chi connectivity index (χ4v) is 6.34. The van der Waals surface area contributed by atoms with Crippen molar-refractivity contribution in [3.05, 3.63) is 81.8 Å². The highest BCUT2D eigenvalue weighted by atomic mass is 35.5. The number of aromatic nitrogens is 4. The van der Waals surface area contributed by atoms with E-state index in [1.165, 1.54) is 10.9 Å². The van der Waals surface area contributed by atoms with Gasteiger partial charge in [0.2, 0.25) is 21.9 Å². The van der Waals surface area contributed by atoms with Gasteiger partial charge in [0.15, 0.2) is 10.8 Å². The number of nitro benzene ring substituents is 1. The molecular formula is C27H31ClN8O6S. The van der Waals surface area contributed by atoms with Gasteiger partial charge in [0, 0.05) is 25.2 Å². The summed E-state index contributed by atoms with van der Waals surface area (Å²) in [7, 11) is -4.15. The van der Waals surface area contributed by atoms with E-state index in [0.29, 0.717) is 0 Å². The molecule has 0 bridgehead atoms. The number of rotatable bonds is 13. The highest BCUT2D eigenvalue weighted by molar-refractivity contribution is 7.89. The summed E-state index contributed by atoms with van der Waals surface area (Å²) in [6, 6.07) is 12.8. The van der Waals surface area contributed by atoms with Crippen molar-refractivity contribution in [3.63, 3.8) is 0 Å². The molecule has 2 heterocycles. The number of halogens is 1. The average molecular weight is 631 g/mol. The Labute approximate surface area is 252 Å². The van der Waals surface area contributed by atoms with Crippen molar-refractivity contribution in [2.75, 3.05) is 18.8 Å². The largest absolute Gasteiger partial charge is 0.390 e. The first-order chi connectivity index (χ1) is 20.3. The van der Waals surface area contributed by atoms with Gasteiger partial charge in [-0.05, 0) is 30.0 Å². The van der Waals surface area contributed by atoms with E-state index in [0.717, 1.165) is 34.1 Å². The molecule has 16 heteroatoms. The van der Waals surface area contributed by atoms with Gasteiger partial charge < -0.3 is 20.7 Å². The SMILES string of the molecule is CC(C)CN(C[C@@H](O)[C@H](Cc1ccccc1)NC(=O)Cn1cnc2c(Cl)nc(N)nc21)S(=O)(=O)c1ccc([N+](=O)[O-])cc1. The summed E-state index contributed by atoms with van der Waals surface area (Å²) < 4.78 is 29.7. The molecule has 0 aliphatic rings. The van der Waals surface area contributed by atoms with E-state index >= 15 is 0 Å². The number of amides is 1. The number of benzene rings is 2. The number of nitrogens with one attached hydrogen (secondary N) is 1. The molecule has 0 spiro atoms. The van der Waals surface area contributed by atoms with Crippen LogP contribution in [0.25, 0.3) is 11.2 Å². The molecule has 0 saturated heterocycles. The Hall–Kier alpha value is -4.18. The first-order valence-electron chi connectivity index (χ1n) is 13.2. The molecule has 2 aromatic heterocycles. The minimum atomic E-state index is -4.15. The van der Waals surface area contributed by atoms with E-state index in [4.69, 9.17) is 17.3 Å². The molecular weight excluding hydrogens is 600 g/mol. The van der Waals surface area contributed by atoms with Gasteiger partial charge >= 0.3 is 0 Å². The van der Waals surface area contributed by atoms with Crippen molar-refractivity contribution < 1.29 is 23.2 Å². The first-order valence-corrected chi connectivity index (χ1v) is 15.1. The van der Waals surface area contributed by atoms with Crippen molar-refractivity contribution in [3.8, 4) is 0 Å². The number of fused-ring (bicyclic) bond motifs is 1. The number of non-ortho nitro benzene ring substituents is 1. The molecule has 228 valence electrons. The van der Waals surface area contributed by atoms with Crippen LogP contribution in [0.5, 0.6) is 0 Å². The molecule has 2 atom stereocenters. The van der Waals surface area contributed by atoms with Crippen LogP contribution in [0.2, 0.25) is 5.15 Å². The number of carbonyl (C=O) groups is 1. The Morgan fingerprint density at radius 3 is 2.44 bits per heavy atom. The van der Waals surface area contributed by atoms with E-state index in [-0.39, 0.29) is 64.8 Å². The van der Waals surface area contributed by atoms with E-state index in [1.807, 2.05) is 44.2 Å². The molecule has 0 aliphatic carbocycles. The van der Waals surface area contributed by atoms with Gasteiger partial charge in [-0.1, -0.05) is 55.8 Å². The lowest BCUT2D eigenvalue weighted by Gasteiger charge is -2.30. The number of nitrogens with two attached hydrogens (primary N) is 1. The number of hydrogen-bond donors (Lipinski definition) is 3. The third-order valence-electron chi connectivity index (χ3n) is 6.51. The lowest BCUT2D eigenvalue weighted by Crippen LogP contribution is -2.51. The van der Waals surface area contributed by atoms with Gasteiger partial charge in [-0.15, -0.1) is 0 Å². The first kappa shape index (κ1) is 31.7. The Morgan fingerprint density at radius 1 is 1.14 bits per heavy atom. The summed E-state index contributed by atoms with van der Waals surface area (Å²) in [5, 5.41) is 25.3. The smallest absolute Gasteiger partial charge is 0.269 e. The van der Waals surface area contributed by atoms with Crippen molar-refractivity contribution in [2.45, 2.75) is 43.9 Å². The van der Waals surface area contributed by atoms with Crippen LogP contribution in [-0.2, 0) is 27.8 Å². The highest BCUT2D eigenvalue weighted by Gasteiger charge is 2.32. The van der Waals surface area contributed by atoms with Crippen molar-refractivity contribution in [2.24, 2.45) is 5.92 Å². The van der Waals surface area contributed by atoms with Crippen LogP contribution in [0, 0.1) is 16.0 Å². The van der Waals surface area contributed by atoms with Gasteiger partial charge in [0.25, 0.3) is 5.69 Å². The zero-order valence-electron chi connectivity index (χ0n) is 23.4. The van der Waals surface area contributed by atoms with Crippen LogP contribution in [0.1, 0.15) is 19.4 Å². The Balaban J connectivity index is 1.58. The Morgan fingerprint density at radius 2 is 1.81 bits per heavy atom. The second-order valence-electron chi connectivity index (χ2n) is 10.3. The number of nitrogen functional groups attached to an aromatic ring is 1. The van der Waals surface area contributed by atoms with Crippen molar-refractivity contribution in [1.82, 2.24) is 29.1 Å². The van der Waals surface area contributed by atoms with Crippen LogP contribution in [-0.4, -0.2) is 73.4 Å². The fourth-order valence-electron chi connectivity index (χ4n) is 4.50. The Kier molecular flexibility index (Phi) is 9.91. The molecule has 0 unspecified atom stereocenters. The average Bonchev–Trinajstić information content (AvgIpc) is 3.35. The quantitative estimate of drug-likeness (QED) is 0.112. The molecule has 0 fully saturated rings. The van der Waals surface area contributed by atoms with Crippen LogP contribution < -0.4 is 11.1 Å². The standard InChI is InChI=1S/C27H31ClN8O6S/c1-17(2)13-35(43(41,42)20-10-8-19(9-11-20)36(39)40)14-22(37)21(12-18-6-4-3-5-7-18)31-23(38)15-34-16-30-24-25(28)32-27(29)33-26(24)34/h3-11,16-17,21-22,37H,12-15H2,1-2H3,(H,31,38)(H2,29,32,33)/t21-,22+/m0/s1.